The Balaban J connectivity index is 2.20. The van der Waals surface area contributed by atoms with Crippen LogP contribution in [0.3, 0.4) is 0 Å². The van der Waals surface area contributed by atoms with E-state index < -0.39 is 10.0 Å². The van der Waals surface area contributed by atoms with Gasteiger partial charge in [0.1, 0.15) is 0 Å². The quantitative estimate of drug-likeness (QED) is 0.799. The van der Waals surface area contributed by atoms with Crippen LogP contribution in [0.4, 0.5) is 0 Å². The largest absolute Gasteiger partial charge is 0.243 e. The number of nitrogens with zero attached hydrogens (tertiary/aromatic N) is 1. The molecule has 20 heavy (non-hydrogen) atoms. The molecule has 0 fully saturated rings. The van der Waals surface area contributed by atoms with E-state index in [0.717, 1.165) is 10.9 Å². The first-order valence-electron chi connectivity index (χ1n) is 6.17. The van der Waals surface area contributed by atoms with Gasteiger partial charge in [0.05, 0.1) is 4.90 Å². The van der Waals surface area contributed by atoms with Crippen molar-refractivity contribution in [3.05, 3.63) is 51.1 Å². The zero-order valence-electron chi connectivity index (χ0n) is 11.3. The second-order valence-corrected chi connectivity index (χ2v) is 8.56. The zero-order valence-corrected chi connectivity index (χ0v) is 14.5. The molecule has 0 N–H and O–H groups in total. The molecule has 0 saturated carbocycles. The number of likely N-dealkylation sites (N-methyl/N-ethyl adjacent to an activating group) is 1. The van der Waals surface area contributed by atoms with Gasteiger partial charge in [0.25, 0.3) is 0 Å². The summed E-state index contributed by atoms with van der Waals surface area (Å²) in [5, 5.41) is 2.00. The summed E-state index contributed by atoms with van der Waals surface area (Å²) in [5.41, 5.74) is 0. The van der Waals surface area contributed by atoms with Gasteiger partial charge < -0.3 is 0 Å². The molecule has 0 aliphatic carbocycles. The van der Waals surface area contributed by atoms with Gasteiger partial charge in [0.15, 0.2) is 0 Å². The number of hydrogen-bond acceptors (Lipinski definition) is 3. The maximum absolute atomic E-state index is 12.6. The molecular weight excluding hydrogens is 358 g/mol. The van der Waals surface area contributed by atoms with Gasteiger partial charge in [-0.05, 0) is 43.0 Å². The van der Waals surface area contributed by atoms with Crippen LogP contribution >= 0.6 is 27.3 Å². The van der Waals surface area contributed by atoms with Crippen molar-refractivity contribution in [2.75, 3.05) is 7.05 Å². The van der Waals surface area contributed by atoms with E-state index >= 15 is 0 Å². The Morgan fingerprint density at radius 2 is 2.05 bits per heavy atom. The summed E-state index contributed by atoms with van der Waals surface area (Å²) in [6, 6.07) is 10.7. The lowest BCUT2D eigenvalue weighted by molar-refractivity contribution is 0.388. The van der Waals surface area contributed by atoms with E-state index in [4.69, 9.17) is 0 Å². The van der Waals surface area contributed by atoms with Gasteiger partial charge in [-0.3, -0.25) is 0 Å². The minimum atomic E-state index is -3.46. The Morgan fingerprint density at radius 1 is 1.30 bits per heavy atom. The van der Waals surface area contributed by atoms with Gasteiger partial charge in [-0.25, -0.2) is 8.42 Å². The van der Waals surface area contributed by atoms with E-state index in [-0.39, 0.29) is 6.04 Å². The lowest BCUT2D eigenvalue weighted by atomic mass is 10.2. The van der Waals surface area contributed by atoms with Gasteiger partial charge in [-0.1, -0.05) is 28.1 Å². The SMILES string of the molecule is CC(Cc1cccs1)N(C)S(=O)(=O)c1cccc(Br)c1. The molecule has 2 rings (SSSR count). The molecule has 6 heteroatoms. The molecule has 0 amide bonds. The van der Waals surface area contributed by atoms with Crippen LogP contribution in [-0.2, 0) is 16.4 Å². The molecule has 108 valence electrons. The van der Waals surface area contributed by atoms with E-state index in [9.17, 15) is 8.42 Å². The molecule has 0 bridgehead atoms. The summed E-state index contributed by atoms with van der Waals surface area (Å²) < 4.78 is 27.3. The fourth-order valence-electron chi connectivity index (χ4n) is 1.88. The molecular formula is C14H16BrNO2S2. The molecule has 1 unspecified atom stereocenters. The van der Waals surface area contributed by atoms with Crippen molar-refractivity contribution in [3.63, 3.8) is 0 Å². The third kappa shape index (κ3) is 3.49. The van der Waals surface area contributed by atoms with Crippen molar-refractivity contribution in [3.8, 4) is 0 Å². The van der Waals surface area contributed by atoms with Crippen LogP contribution in [0.5, 0.6) is 0 Å². The van der Waals surface area contributed by atoms with Gasteiger partial charge in [0.2, 0.25) is 10.0 Å². The fraction of sp³-hybridized carbons (Fsp3) is 0.286. The average Bonchev–Trinajstić information content (AvgIpc) is 2.90. The minimum Gasteiger partial charge on any atom is -0.207 e. The van der Waals surface area contributed by atoms with E-state index in [0.29, 0.717) is 4.90 Å². The van der Waals surface area contributed by atoms with Crippen molar-refractivity contribution >= 4 is 37.3 Å². The van der Waals surface area contributed by atoms with E-state index in [1.165, 1.54) is 9.18 Å². The fourth-order valence-corrected chi connectivity index (χ4v) is 4.66. The smallest absolute Gasteiger partial charge is 0.207 e. The molecule has 3 nitrogen and oxygen atoms in total. The van der Waals surface area contributed by atoms with E-state index in [2.05, 4.69) is 15.9 Å². The van der Waals surface area contributed by atoms with Crippen molar-refractivity contribution in [2.45, 2.75) is 24.3 Å². The Bertz CT molecular complexity index is 668. The lowest BCUT2D eigenvalue weighted by Crippen LogP contribution is -2.36. The third-order valence-corrected chi connectivity index (χ3v) is 6.53. The first kappa shape index (κ1) is 15.7. The second kappa shape index (κ2) is 6.39. The predicted octanol–water partition coefficient (Wildman–Crippen LogP) is 3.76. The molecule has 0 aliphatic heterocycles. The third-order valence-electron chi connectivity index (χ3n) is 3.17. The van der Waals surface area contributed by atoms with Crippen LogP contribution < -0.4 is 0 Å². The molecule has 0 aliphatic rings. The number of sulfonamides is 1. The summed E-state index contributed by atoms with van der Waals surface area (Å²) in [6.07, 6.45) is 0.724. The number of thiophene rings is 1. The topological polar surface area (TPSA) is 37.4 Å². The average molecular weight is 374 g/mol. The lowest BCUT2D eigenvalue weighted by Gasteiger charge is -2.24. The first-order chi connectivity index (χ1) is 9.41. The number of rotatable bonds is 5. The monoisotopic (exact) mass is 373 g/mol. The molecule has 0 spiro atoms. The Kier molecular flexibility index (Phi) is 5.01. The molecule has 0 saturated heterocycles. The maximum atomic E-state index is 12.6. The maximum Gasteiger partial charge on any atom is 0.243 e. The Morgan fingerprint density at radius 3 is 2.65 bits per heavy atom. The highest BCUT2D eigenvalue weighted by Gasteiger charge is 2.25. The molecule has 1 aromatic carbocycles. The van der Waals surface area contributed by atoms with Crippen LogP contribution in [0.25, 0.3) is 0 Å². The number of benzene rings is 1. The van der Waals surface area contributed by atoms with Crippen molar-refractivity contribution in [1.82, 2.24) is 4.31 Å². The normalized spacial score (nSPS) is 13.6. The second-order valence-electron chi connectivity index (χ2n) is 4.61. The molecule has 0 radical (unpaired) electrons. The van der Waals surface area contributed by atoms with Crippen LogP contribution in [-0.4, -0.2) is 25.8 Å². The minimum absolute atomic E-state index is 0.0855. The van der Waals surface area contributed by atoms with Crippen LogP contribution in [0.15, 0.2) is 51.1 Å². The van der Waals surface area contributed by atoms with Gasteiger partial charge in [-0.15, -0.1) is 11.3 Å². The number of halogens is 1. The molecule has 1 aromatic heterocycles. The Hall–Kier alpha value is -0.690. The predicted molar refractivity (Wildman–Crippen MR) is 86.6 cm³/mol. The van der Waals surface area contributed by atoms with Gasteiger partial charge >= 0.3 is 0 Å². The molecule has 2 aromatic rings. The van der Waals surface area contributed by atoms with Crippen LogP contribution in [0, 0.1) is 0 Å². The summed E-state index contributed by atoms with van der Waals surface area (Å²) in [7, 11) is -1.82. The summed E-state index contributed by atoms with van der Waals surface area (Å²) >= 11 is 4.96. The van der Waals surface area contributed by atoms with Crippen molar-refractivity contribution in [2.24, 2.45) is 0 Å². The van der Waals surface area contributed by atoms with Crippen LogP contribution in [0.1, 0.15) is 11.8 Å². The molecule has 1 atom stereocenters. The van der Waals surface area contributed by atoms with Crippen molar-refractivity contribution in [1.29, 1.82) is 0 Å². The van der Waals surface area contributed by atoms with E-state index in [1.807, 2.05) is 30.5 Å². The summed E-state index contributed by atoms with van der Waals surface area (Å²) in [4.78, 5) is 1.50. The molecule has 1 heterocycles. The van der Waals surface area contributed by atoms with Gasteiger partial charge in [-0.2, -0.15) is 4.31 Å². The number of hydrogen-bond donors (Lipinski definition) is 0. The summed E-state index contributed by atoms with van der Waals surface area (Å²) in [6.45, 7) is 1.93. The highest BCUT2D eigenvalue weighted by molar-refractivity contribution is 9.10. The first-order valence-corrected chi connectivity index (χ1v) is 9.28. The zero-order chi connectivity index (χ0) is 14.8. The van der Waals surface area contributed by atoms with Crippen LogP contribution in [0.2, 0.25) is 0 Å². The van der Waals surface area contributed by atoms with Gasteiger partial charge in [0, 0.05) is 22.4 Å². The summed E-state index contributed by atoms with van der Waals surface area (Å²) in [5.74, 6) is 0. The highest BCUT2D eigenvalue weighted by Crippen LogP contribution is 2.22. The Labute approximate surface area is 132 Å². The van der Waals surface area contributed by atoms with E-state index in [1.54, 1.807) is 36.6 Å². The standard InChI is InChI=1S/C14H16BrNO2S2/c1-11(9-13-6-4-8-19-13)16(2)20(17,18)14-7-3-5-12(15)10-14/h3-8,10-11H,9H2,1-2H3. The highest BCUT2D eigenvalue weighted by atomic mass is 79.9. The van der Waals surface area contributed by atoms with Crippen molar-refractivity contribution < 1.29 is 8.42 Å².